The standard InChI is InChI=1S/C28H25N3O3/c29-25-16-15-24(22-9-5-2-6-10-22)17-26(25)31-27(32)23-13-11-21(12-14-23)19-34-28(33)30-18-20-7-3-1-4-8-20/h1-17H,18-19,29H2,(H,30,33)(H,31,32). The maximum atomic E-state index is 12.7. The lowest BCUT2D eigenvalue weighted by atomic mass is 10.0. The highest BCUT2D eigenvalue weighted by atomic mass is 16.5. The lowest BCUT2D eigenvalue weighted by Gasteiger charge is -2.11. The predicted molar refractivity (Wildman–Crippen MR) is 134 cm³/mol. The number of carbonyl (C=O) groups is 2. The van der Waals surface area contributed by atoms with E-state index in [0.717, 1.165) is 22.3 Å². The molecule has 0 aliphatic carbocycles. The minimum atomic E-state index is -0.501. The summed E-state index contributed by atoms with van der Waals surface area (Å²) in [4.78, 5) is 24.7. The Morgan fingerprint density at radius 2 is 1.41 bits per heavy atom. The number of nitrogen functional groups attached to an aromatic ring is 1. The molecule has 6 heteroatoms. The van der Waals surface area contributed by atoms with E-state index in [1.807, 2.05) is 72.8 Å². The SMILES string of the molecule is Nc1ccc(-c2ccccc2)cc1NC(=O)c1ccc(COC(=O)NCc2ccccc2)cc1. The van der Waals surface area contributed by atoms with Gasteiger partial charge in [0, 0.05) is 12.1 Å². The molecule has 0 bridgehead atoms. The van der Waals surface area contributed by atoms with E-state index >= 15 is 0 Å². The average molecular weight is 452 g/mol. The van der Waals surface area contributed by atoms with Crippen molar-refractivity contribution in [3.05, 3.63) is 120 Å². The second kappa shape index (κ2) is 10.8. The third-order valence-corrected chi connectivity index (χ3v) is 5.27. The number of alkyl carbamates (subject to hydrolysis) is 1. The van der Waals surface area contributed by atoms with Gasteiger partial charge in [0.15, 0.2) is 0 Å². The number of nitrogens with two attached hydrogens (primary N) is 1. The van der Waals surface area contributed by atoms with E-state index in [4.69, 9.17) is 10.5 Å². The highest BCUT2D eigenvalue weighted by Gasteiger charge is 2.10. The Morgan fingerprint density at radius 3 is 2.12 bits per heavy atom. The summed E-state index contributed by atoms with van der Waals surface area (Å²) < 4.78 is 5.25. The van der Waals surface area contributed by atoms with Gasteiger partial charge in [0.05, 0.1) is 11.4 Å². The Morgan fingerprint density at radius 1 is 0.735 bits per heavy atom. The maximum absolute atomic E-state index is 12.7. The maximum Gasteiger partial charge on any atom is 0.407 e. The van der Waals surface area contributed by atoms with Crippen LogP contribution < -0.4 is 16.4 Å². The zero-order valence-corrected chi connectivity index (χ0v) is 18.5. The first kappa shape index (κ1) is 22.6. The van der Waals surface area contributed by atoms with Crippen molar-refractivity contribution in [2.24, 2.45) is 0 Å². The molecular formula is C28H25N3O3. The van der Waals surface area contributed by atoms with Crippen molar-refractivity contribution in [2.75, 3.05) is 11.1 Å². The number of benzene rings is 4. The van der Waals surface area contributed by atoms with E-state index in [0.29, 0.717) is 23.5 Å². The van der Waals surface area contributed by atoms with Crippen LogP contribution in [0.3, 0.4) is 0 Å². The molecule has 0 saturated heterocycles. The van der Waals surface area contributed by atoms with Gasteiger partial charge in [-0.15, -0.1) is 0 Å². The topological polar surface area (TPSA) is 93.4 Å². The molecule has 0 atom stereocenters. The zero-order chi connectivity index (χ0) is 23.8. The van der Waals surface area contributed by atoms with E-state index in [2.05, 4.69) is 10.6 Å². The molecule has 170 valence electrons. The molecule has 34 heavy (non-hydrogen) atoms. The van der Waals surface area contributed by atoms with E-state index in [9.17, 15) is 9.59 Å². The Balaban J connectivity index is 1.32. The first-order valence-electron chi connectivity index (χ1n) is 10.9. The number of nitrogens with one attached hydrogen (secondary N) is 2. The molecule has 0 saturated carbocycles. The third-order valence-electron chi connectivity index (χ3n) is 5.27. The molecule has 0 aromatic heterocycles. The van der Waals surface area contributed by atoms with E-state index in [1.165, 1.54) is 0 Å². The van der Waals surface area contributed by atoms with Gasteiger partial charge in [-0.05, 0) is 46.5 Å². The van der Waals surface area contributed by atoms with Gasteiger partial charge in [-0.3, -0.25) is 4.79 Å². The van der Waals surface area contributed by atoms with Gasteiger partial charge in [-0.25, -0.2) is 4.79 Å². The van der Waals surface area contributed by atoms with Crippen LogP contribution in [-0.4, -0.2) is 12.0 Å². The third kappa shape index (κ3) is 6.01. The van der Waals surface area contributed by atoms with Crippen molar-refractivity contribution in [1.82, 2.24) is 5.32 Å². The Bertz CT molecular complexity index is 1260. The summed E-state index contributed by atoms with van der Waals surface area (Å²) in [7, 11) is 0. The molecular weight excluding hydrogens is 426 g/mol. The number of carbonyl (C=O) groups excluding carboxylic acids is 2. The smallest absolute Gasteiger partial charge is 0.407 e. The molecule has 4 aromatic carbocycles. The Kier molecular flexibility index (Phi) is 7.20. The molecule has 0 fully saturated rings. The zero-order valence-electron chi connectivity index (χ0n) is 18.5. The van der Waals surface area contributed by atoms with Gasteiger partial charge in [-0.1, -0.05) is 78.9 Å². The van der Waals surface area contributed by atoms with Crippen LogP contribution in [0.2, 0.25) is 0 Å². The quantitative estimate of drug-likeness (QED) is 0.318. The van der Waals surface area contributed by atoms with Crippen molar-refractivity contribution >= 4 is 23.4 Å². The molecule has 0 radical (unpaired) electrons. The fourth-order valence-electron chi connectivity index (χ4n) is 3.39. The number of hydrogen-bond donors (Lipinski definition) is 3. The van der Waals surface area contributed by atoms with Gasteiger partial charge in [0.2, 0.25) is 0 Å². The molecule has 4 aromatic rings. The Labute approximate surface area is 198 Å². The minimum absolute atomic E-state index is 0.106. The van der Waals surface area contributed by atoms with E-state index < -0.39 is 6.09 Å². The summed E-state index contributed by atoms with van der Waals surface area (Å²) in [6, 6.07) is 31.9. The number of ether oxygens (including phenoxy) is 1. The molecule has 0 heterocycles. The van der Waals surface area contributed by atoms with Crippen LogP contribution in [0, 0.1) is 0 Å². The second-order valence-electron chi connectivity index (χ2n) is 7.73. The first-order chi connectivity index (χ1) is 16.6. The summed E-state index contributed by atoms with van der Waals surface area (Å²) in [5, 5.41) is 5.59. The molecule has 4 N–H and O–H groups in total. The van der Waals surface area contributed by atoms with Crippen molar-refractivity contribution in [3.63, 3.8) is 0 Å². The largest absolute Gasteiger partial charge is 0.445 e. The van der Waals surface area contributed by atoms with Crippen LogP contribution in [-0.2, 0) is 17.9 Å². The molecule has 4 rings (SSSR count). The van der Waals surface area contributed by atoms with Gasteiger partial charge < -0.3 is 21.1 Å². The normalized spacial score (nSPS) is 10.4. The van der Waals surface area contributed by atoms with Gasteiger partial charge in [0.25, 0.3) is 5.91 Å². The van der Waals surface area contributed by atoms with Crippen molar-refractivity contribution in [2.45, 2.75) is 13.2 Å². The Hall–Kier alpha value is -4.58. The molecule has 2 amide bonds. The van der Waals surface area contributed by atoms with E-state index in [1.54, 1.807) is 30.3 Å². The summed E-state index contributed by atoms with van der Waals surface area (Å²) in [5.41, 5.74) is 11.4. The summed E-state index contributed by atoms with van der Waals surface area (Å²) in [6.45, 7) is 0.502. The molecule has 0 spiro atoms. The molecule has 0 unspecified atom stereocenters. The summed E-state index contributed by atoms with van der Waals surface area (Å²) in [6.07, 6.45) is -0.501. The lowest BCUT2D eigenvalue weighted by Crippen LogP contribution is -2.23. The van der Waals surface area contributed by atoms with E-state index in [-0.39, 0.29) is 12.5 Å². The van der Waals surface area contributed by atoms with Crippen LogP contribution in [0.25, 0.3) is 11.1 Å². The number of amides is 2. The average Bonchev–Trinajstić information content (AvgIpc) is 2.89. The first-order valence-corrected chi connectivity index (χ1v) is 10.9. The molecule has 6 nitrogen and oxygen atoms in total. The number of rotatable bonds is 7. The fourth-order valence-corrected chi connectivity index (χ4v) is 3.39. The van der Waals surface area contributed by atoms with Gasteiger partial charge >= 0.3 is 6.09 Å². The monoisotopic (exact) mass is 451 g/mol. The molecule has 0 aliphatic heterocycles. The number of hydrogen-bond acceptors (Lipinski definition) is 4. The highest BCUT2D eigenvalue weighted by molar-refractivity contribution is 6.06. The van der Waals surface area contributed by atoms with Gasteiger partial charge in [0.1, 0.15) is 6.61 Å². The highest BCUT2D eigenvalue weighted by Crippen LogP contribution is 2.27. The summed E-state index contributed by atoms with van der Waals surface area (Å²) in [5.74, 6) is -0.273. The van der Waals surface area contributed by atoms with Crippen LogP contribution in [0.4, 0.5) is 16.2 Å². The second-order valence-corrected chi connectivity index (χ2v) is 7.73. The van der Waals surface area contributed by atoms with Crippen LogP contribution in [0.1, 0.15) is 21.5 Å². The van der Waals surface area contributed by atoms with Crippen molar-refractivity contribution in [1.29, 1.82) is 0 Å². The summed E-state index contributed by atoms with van der Waals surface area (Å²) >= 11 is 0. The van der Waals surface area contributed by atoms with Crippen LogP contribution in [0.15, 0.2) is 103 Å². The molecule has 0 aliphatic rings. The predicted octanol–water partition coefficient (Wildman–Crippen LogP) is 5.61. The fraction of sp³-hybridized carbons (Fsp3) is 0.0714. The van der Waals surface area contributed by atoms with Crippen LogP contribution >= 0.6 is 0 Å². The lowest BCUT2D eigenvalue weighted by molar-refractivity contribution is 0.102. The van der Waals surface area contributed by atoms with Gasteiger partial charge in [-0.2, -0.15) is 0 Å². The number of anilines is 2. The minimum Gasteiger partial charge on any atom is -0.445 e. The van der Waals surface area contributed by atoms with Crippen LogP contribution in [0.5, 0.6) is 0 Å². The van der Waals surface area contributed by atoms with Crippen molar-refractivity contribution in [3.8, 4) is 11.1 Å². The van der Waals surface area contributed by atoms with Crippen molar-refractivity contribution < 1.29 is 14.3 Å².